The van der Waals surface area contributed by atoms with Crippen LogP contribution in [0.3, 0.4) is 0 Å². The van der Waals surface area contributed by atoms with Gasteiger partial charge in [0.15, 0.2) is 0 Å². The Morgan fingerprint density at radius 1 is 1.00 bits per heavy atom. The fraction of sp³-hybridized carbons (Fsp3) is 0.455. The number of carboxylic acid groups (broad SMARTS) is 2. The Hall–Kier alpha value is -2.36. The molecule has 0 heterocycles. The standard InChI is InChI=1S/C22H28O4/c23-21(24)13-5-3-1-2-4-9-17-15-16-18-10-8-12-20(18)19(17)11-6-7-14-22(25)26/h1-2,4,6-7,9,11,14-20H,3,5,8,10,12-13H2,(H,23,24)(H,25,26)/b2-1+,9-4+,11-6-,14-7+/t17-,18+,19-,20-/m1/s1. The number of carbonyl (C=O) groups is 2. The number of aliphatic carboxylic acids is 2. The third-order valence-electron chi connectivity index (χ3n) is 5.17. The molecule has 0 spiro atoms. The molecule has 0 aromatic carbocycles. The van der Waals surface area contributed by atoms with Crippen molar-refractivity contribution in [2.75, 3.05) is 0 Å². The molecule has 4 atom stereocenters. The first-order chi connectivity index (χ1) is 12.6. The number of allylic oxidation sites excluding steroid dienone is 9. The van der Waals surface area contributed by atoms with Crippen molar-refractivity contribution in [3.05, 3.63) is 60.8 Å². The van der Waals surface area contributed by atoms with Crippen LogP contribution in [0.5, 0.6) is 0 Å². The van der Waals surface area contributed by atoms with E-state index in [2.05, 4.69) is 24.3 Å². The summed E-state index contributed by atoms with van der Waals surface area (Å²) in [6.07, 6.45) is 25.0. The van der Waals surface area contributed by atoms with Gasteiger partial charge in [0.2, 0.25) is 0 Å². The van der Waals surface area contributed by atoms with Crippen molar-refractivity contribution in [2.45, 2.75) is 38.5 Å². The van der Waals surface area contributed by atoms with Gasteiger partial charge >= 0.3 is 11.9 Å². The number of unbranched alkanes of at least 4 members (excludes halogenated alkanes) is 1. The van der Waals surface area contributed by atoms with E-state index in [1.165, 1.54) is 19.3 Å². The van der Waals surface area contributed by atoms with Crippen LogP contribution in [-0.2, 0) is 9.59 Å². The van der Waals surface area contributed by atoms with E-state index in [1.807, 2.05) is 24.3 Å². The van der Waals surface area contributed by atoms with Crippen LogP contribution in [0.15, 0.2) is 60.8 Å². The second-order valence-electron chi connectivity index (χ2n) is 6.98. The molecule has 2 aliphatic rings. The lowest BCUT2D eigenvalue weighted by atomic mass is 9.71. The highest BCUT2D eigenvalue weighted by Crippen LogP contribution is 2.45. The number of hydrogen-bond donors (Lipinski definition) is 2. The molecule has 2 rings (SSSR count). The van der Waals surface area contributed by atoms with Gasteiger partial charge in [-0.15, -0.1) is 0 Å². The molecule has 140 valence electrons. The highest BCUT2D eigenvalue weighted by molar-refractivity contribution is 5.80. The molecule has 0 bridgehead atoms. The summed E-state index contributed by atoms with van der Waals surface area (Å²) in [5, 5.41) is 17.3. The van der Waals surface area contributed by atoms with Crippen LogP contribution in [0, 0.1) is 23.7 Å². The van der Waals surface area contributed by atoms with Gasteiger partial charge in [-0.05, 0) is 43.4 Å². The number of fused-ring (bicyclic) bond motifs is 1. The van der Waals surface area contributed by atoms with E-state index in [-0.39, 0.29) is 6.42 Å². The molecular weight excluding hydrogens is 328 g/mol. The lowest BCUT2D eigenvalue weighted by Gasteiger charge is -2.33. The van der Waals surface area contributed by atoms with E-state index >= 15 is 0 Å². The van der Waals surface area contributed by atoms with E-state index in [1.54, 1.807) is 6.08 Å². The van der Waals surface area contributed by atoms with Gasteiger partial charge in [0, 0.05) is 18.4 Å². The number of carboxylic acids is 2. The predicted molar refractivity (Wildman–Crippen MR) is 103 cm³/mol. The maximum absolute atomic E-state index is 10.6. The largest absolute Gasteiger partial charge is 0.481 e. The van der Waals surface area contributed by atoms with E-state index < -0.39 is 11.9 Å². The molecule has 4 heteroatoms. The Labute approximate surface area is 155 Å². The average molecular weight is 356 g/mol. The second-order valence-corrected chi connectivity index (χ2v) is 6.98. The molecule has 2 aliphatic carbocycles. The summed E-state index contributed by atoms with van der Waals surface area (Å²) in [6.45, 7) is 0. The van der Waals surface area contributed by atoms with Gasteiger partial charge < -0.3 is 10.2 Å². The van der Waals surface area contributed by atoms with E-state index in [9.17, 15) is 9.59 Å². The van der Waals surface area contributed by atoms with Crippen LogP contribution in [0.1, 0.15) is 38.5 Å². The topological polar surface area (TPSA) is 74.6 Å². The van der Waals surface area contributed by atoms with E-state index in [4.69, 9.17) is 10.2 Å². The summed E-state index contributed by atoms with van der Waals surface area (Å²) in [6, 6.07) is 0. The Kier molecular flexibility index (Phi) is 8.13. The third-order valence-corrected chi connectivity index (χ3v) is 5.17. The molecule has 0 radical (unpaired) electrons. The van der Waals surface area contributed by atoms with Gasteiger partial charge in [-0.1, -0.05) is 61.1 Å². The molecule has 0 unspecified atom stereocenters. The van der Waals surface area contributed by atoms with Crippen LogP contribution >= 0.6 is 0 Å². The molecule has 2 N–H and O–H groups in total. The minimum absolute atomic E-state index is 0.208. The van der Waals surface area contributed by atoms with Crippen LogP contribution in [-0.4, -0.2) is 22.2 Å². The Balaban J connectivity index is 1.96. The lowest BCUT2D eigenvalue weighted by molar-refractivity contribution is -0.137. The van der Waals surface area contributed by atoms with Crippen LogP contribution in [0.2, 0.25) is 0 Å². The van der Waals surface area contributed by atoms with Crippen molar-refractivity contribution in [1.29, 1.82) is 0 Å². The summed E-state index contributed by atoms with van der Waals surface area (Å²) < 4.78 is 0. The predicted octanol–water partition coefficient (Wildman–Crippen LogP) is 4.77. The summed E-state index contributed by atoms with van der Waals surface area (Å²) in [5.41, 5.74) is 0. The van der Waals surface area contributed by atoms with Gasteiger partial charge in [0.1, 0.15) is 0 Å². The van der Waals surface area contributed by atoms with Crippen molar-refractivity contribution in [3.8, 4) is 0 Å². The molecule has 26 heavy (non-hydrogen) atoms. The molecule has 1 fully saturated rings. The number of rotatable bonds is 9. The summed E-state index contributed by atoms with van der Waals surface area (Å²) in [4.78, 5) is 21.1. The summed E-state index contributed by atoms with van der Waals surface area (Å²) >= 11 is 0. The molecule has 0 saturated heterocycles. The van der Waals surface area contributed by atoms with Crippen molar-refractivity contribution in [1.82, 2.24) is 0 Å². The van der Waals surface area contributed by atoms with Crippen molar-refractivity contribution >= 4 is 11.9 Å². The fourth-order valence-corrected chi connectivity index (χ4v) is 3.95. The van der Waals surface area contributed by atoms with Gasteiger partial charge in [0.25, 0.3) is 0 Å². The van der Waals surface area contributed by atoms with Crippen LogP contribution in [0.4, 0.5) is 0 Å². The van der Waals surface area contributed by atoms with Crippen molar-refractivity contribution in [2.24, 2.45) is 23.7 Å². The number of hydrogen-bond acceptors (Lipinski definition) is 2. The van der Waals surface area contributed by atoms with Gasteiger partial charge in [0.05, 0.1) is 0 Å². The van der Waals surface area contributed by atoms with Gasteiger partial charge in [-0.25, -0.2) is 4.79 Å². The zero-order valence-corrected chi connectivity index (χ0v) is 15.0. The summed E-state index contributed by atoms with van der Waals surface area (Å²) in [7, 11) is 0. The SMILES string of the molecule is O=C(O)/C=C/C=C\[C@H]1[C@@H]2CCC[C@H]2C=C[C@H]1/C=C/C=C/CCCC(=O)O. The average Bonchev–Trinajstić information content (AvgIpc) is 3.07. The summed E-state index contributed by atoms with van der Waals surface area (Å²) in [5.74, 6) is 0.295. The monoisotopic (exact) mass is 356 g/mol. The molecule has 0 amide bonds. The van der Waals surface area contributed by atoms with E-state index in [0.717, 1.165) is 12.5 Å². The normalized spacial score (nSPS) is 28.6. The highest BCUT2D eigenvalue weighted by atomic mass is 16.4. The third kappa shape index (κ3) is 6.51. The van der Waals surface area contributed by atoms with Gasteiger partial charge in [-0.3, -0.25) is 4.79 Å². The molecule has 1 saturated carbocycles. The Bertz CT molecular complexity index is 624. The maximum atomic E-state index is 10.6. The first kappa shape index (κ1) is 20.0. The maximum Gasteiger partial charge on any atom is 0.328 e. The molecular formula is C22H28O4. The smallest absolute Gasteiger partial charge is 0.328 e. The molecule has 0 aromatic heterocycles. The first-order valence-corrected chi connectivity index (χ1v) is 9.39. The minimum atomic E-state index is -0.929. The Morgan fingerprint density at radius 2 is 1.81 bits per heavy atom. The molecule has 0 aliphatic heterocycles. The lowest BCUT2D eigenvalue weighted by Crippen LogP contribution is -2.26. The van der Waals surface area contributed by atoms with Crippen molar-refractivity contribution in [3.63, 3.8) is 0 Å². The highest BCUT2D eigenvalue weighted by Gasteiger charge is 2.36. The van der Waals surface area contributed by atoms with Gasteiger partial charge in [-0.2, -0.15) is 0 Å². The van der Waals surface area contributed by atoms with E-state index in [0.29, 0.717) is 30.1 Å². The molecule has 4 nitrogen and oxygen atoms in total. The fourth-order valence-electron chi connectivity index (χ4n) is 3.95. The zero-order valence-electron chi connectivity index (χ0n) is 15.0. The van der Waals surface area contributed by atoms with Crippen LogP contribution < -0.4 is 0 Å². The quantitative estimate of drug-likeness (QED) is 0.270. The molecule has 0 aromatic rings. The second kappa shape index (κ2) is 10.6. The van der Waals surface area contributed by atoms with Crippen LogP contribution in [0.25, 0.3) is 0 Å². The van der Waals surface area contributed by atoms with Crippen molar-refractivity contribution < 1.29 is 19.8 Å². The first-order valence-electron chi connectivity index (χ1n) is 9.39. The zero-order chi connectivity index (χ0) is 18.8. The Morgan fingerprint density at radius 3 is 2.58 bits per heavy atom. The minimum Gasteiger partial charge on any atom is -0.481 e.